The number of hydrogen-bond donors (Lipinski definition) is 3. The van der Waals surface area contributed by atoms with Gasteiger partial charge in [-0.15, -0.1) is 0 Å². The van der Waals surface area contributed by atoms with Crippen molar-refractivity contribution in [3.05, 3.63) is 49.3 Å². The molecular formula is C25H29N7O3. The van der Waals surface area contributed by atoms with E-state index in [2.05, 4.69) is 37.8 Å². The fourth-order valence-electron chi connectivity index (χ4n) is 4.58. The first-order valence-electron chi connectivity index (χ1n) is 11.8. The molecule has 0 spiro atoms. The minimum Gasteiger partial charge on any atom is -0.378 e. The Balaban J connectivity index is 1.28. The first-order valence-corrected chi connectivity index (χ1v) is 11.8. The number of fused-ring (bicyclic) bond motifs is 1. The molecule has 35 heavy (non-hydrogen) atoms. The second-order valence-corrected chi connectivity index (χ2v) is 8.96. The number of H-pyrrole nitrogens is 1. The van der Waals surface area contributed by atoms with Crippen LogP contribution in [-0.4, -0.2) is 76.6 Å². The zero-order chi connectivity index (χ0) is 24.4. The summed E-state index contributed by atoms with van der Waals surface area (Å²) in [5, 5.41) is 3.89. The van der Waals surface area contributed by atoms with E-state index >= 15 is 0 Å². The van der Waals surface area contributed by atoms with Crippen LogP contribution in [0.2, 0.25) is 0 Å². The zero-order valence-electron chi connectivity index (χ0n) is 19.5. The Morgan fingerprint density at radius 2 is 1.83 bits per heavy atom. The van der Waals surface area contributed by atoms with E-state index in [0.29, 0.717) is 44.8 Å². The average molecular weight is 476 g/mol. The van der Waals surface area contributed by atoms with Gasteiger partial charge in [0, 0.05) is 37.6 Å². The van der Waals surface area contributed by atoms with E-state index in [1.54, 1.807) is 11.2 Å². The molecule has 2 saturated heterocycles. The first kappa shape index (κ1) is 23.0. The number of ether oxygens (including phenoxy) is 1. The lowest BCUT2D eigenvalue weighted by Gasteiger charge is -2.37. The van der Waals surface area contributed by atoms with Gasteiger partial charge in [0.1, 0.15) is 17.8 Å². The number of amides is 2. The van der Waals surface area contributed by atoms with Gasteiger partial charge in [-0.2, -0.15) is 0 Å². The number of aromatic nitrogens is 3. The van der Waals surface area contributed by atoms with Gasteiger partial charge in [0.05, 0.1) is 24.1 Å². The minimum absolute atomic E-state index is 0.136. The van der Waals surface area contributed by atoms with Crippen molar-refractivity contribution < 1.29 is 14.3 Å². The molecule has 2 aliphatic rings. The highest BCUT2D eigenvalue weighted by molar-refractivity contribution is 5.98. The summed E-state index contributed by atoms with van der Waals surface area (Å²) in [7, 11) is 0. The molecule has 5 rings (SSSR count). The summed E-state index contributed by atoms with van der Waals surface area (Å²) in [5.74, 6) is 0.522. The Kier molecular flexibility index (Phi) is 6.23. The highest BCUT2D eigenvalue weighted by Gasteiger charge is 2.38. The van der Waals surface area contributed by atoms with E-state index in [0.717, 1.165) is 41.2 Å². The molecule has 2 fully saturated rings. The van der Waals surface area contributed by atoms with Crippen LogP contribution in [0.15, 0.2) is 49.3 Å². The van der Waals surface area contributed by atoms with Crippen molar-refractivity contribution in [1.29, 1.82) is 0 Å². The van der Waals surface area contributed by atoms with Gasteiger partial charge >= 0.3 is 0 Å². The average Bonchev–Trinajstić information content (AvgIpc) is 3.34. The number of rotatable bonds is 5. The summed E-state index contributed by atoms with van der Waals surface area (Å²) in [4.78, 5) is 40.8. The highest BCUT2D eigenvalue weighted by Crippen LogP contribution is 2.30. The van der Waals surface area contributed by atoms with Crippen LogP contribution in [-0.2, 0) is 14.3 Å². The normalized spacial score (nSPS) is 17.9. The number of carbonyl (C=O) groups excluding carboxylic acids is 2. The van der Waals surface area contributed by atoms with E-state index in [1.807, 2.05) is 24.3 Å². The largest absolute Gasteiger partial charge is 0.378 e. The van der Waals surface area contributed by atoms with Crippen LogP contribution in [0.25, 0.3) is 22.3 Å². The van der Waals surface area contributed by atoms with Crippen molar-refractivity contribution in [3.63, 3.8) is 0 Å². The number of carbonyl (C=O) groups is 2. The standard InChI is InChI=1S/C25H29N7O3/c1-2-21(33)31-9-7-25(26,8-10-31)24(34)29-18-5-3-17(4-6-18)20-15-19-22(30-20)27-16-28-23(19)32-11-13-35-14-12-32/h2-6,15-16H,1,7-14,26H2,(H,29,34)(H,27,28,30). The van der Waals surface area contributed by atoms with Crippen molar-refractivity contribution in [1.82, 2.24) is 19.9 Å². The van der Waals surface area contributed by atoms with Crippen molar-refractivity contribution in [3.8, 4) is 11.3 Å². The molecule has 0 radical (unpaired) electrons. The van der Waals surface area contributed by atoms with Crippen LogP contribution in [0.4, 0.5) is 11.5 Å². The van der Waals surface area contributed by atoms with Gasteiger partial charge in [0.25, 0.3) is 0 Å². The number of nitrogens with zero attached hydrogens (tertiary/aromatic N) is 4. The van der Waals surface area contributed by atoms with Crippen LogP contribution >= 0.6 is 0 Å². The van der Waals surface area contributed by atoms with Gasteiger partial charge in [-0.05, 0) is 42.7 Å². The summed E-state index contributed by atoms with van der Waals surface area (Å²) < 4.78 is 5.46. The molecule has 3 aromatic rings. The second-order valence-electron chi connectivity index (χ2n) is 8.96. The Bertz CT molecular complexity index is 1240. The lowest BCUT2D eigenvalue weighted by Crippen LogP contribution is -2.58. The number of nitrogens with two attached hydrogens (primary N) is 1. The summed E-state index contributed by atoms with van der Waals surface area (Å²) in [6, 6.07) is 9.65. The van der Waals surface area contributed by atoms with E-state index < -0.39 is 5.54 Å². The van der Waals surface area contributed by atoms with Crippen LogP contribution in [0.3, 0.4) is 0 Å². The van der Waals surface area contributed by atoms with Crippen LogP contribution in [0.5, 0.6) is 0 Å². The molecule has 0 unspecified atom stereocenters. The third kappa shape index (κ3) is 4.62. The zero-order valence-corrected chi connectivity index (χ0v) is 19.5. The number of aromatic amines is 1. The van der Waals surface area contributed by atoms with E-state index in [9.17, 15) is 9.59 Å². The van der Waals surface area contributed by atoms with Gasteiger partial charge in [-0.1, -0.05) is 18.7 Å². The predicted molar refractivity (Wildman–Crippen MR) is 134 cm³/mol. The molecule has 4 N–H and O–H groups in total. The maximum atomic E-state index is 12.9. The van der Waals surface area contributed by atoms with Crippen molar-refractivity contribution in [2.24, 2.45) is 5.73 Å². The topological polar surface area (TPSA) is 129 Å². The smallest absolute Gasteiger partial charge is 0.245 e. The highest BCUT2D eigenvalue weighted by atomic mass is 16.5. The van der Waals surface area contributed by atoms with Crippen molar-refractivity contribution >= 4 is 34.4 Å². The molecule has 0 atom stereocenters. The van der Waals surface area contributed by atoms with E-state index in [-0.39, 0.29) is 11.8 Å². The summed E-state index contributed by atoms with van der Waals surface area (Å²) in [6.07, 6.45) is 3.66. The number of piperidine rings is 1. The molecule has 0 bridgehead atoms. The Hall–Kier alpha value is -3.76. The Morgan fingerprint density at radius 3 is 2.51 bits per heavy atom. The number of anilines is 2. The maximum Gasteiger partial charge on any atom is 0.245 e. The Labute approximate surface area is 203 Å². The molecule has 2 aromatic heterocycles. The molecular weight excluding hydrogens is 446 g/mol. The third-order valence-electron chi connectivity index (χ3n) is 6.76. The lowest BCUT2D eigenvalue weighted by atomic mass is 9.87. The van der Waals surface area contributed by atoms with Gasteiger partial charge in [-0.25, -0.2) is 9.97 Å². The van der Waals surface area contributed by atoms with Gasteiger partial charge in [0.15, 0.2) is 0 Å². The van der Waals surface area contributed by atoms with E-state index in [1.165, 1.54) is 6.08 Å². The van der Waals surface area contributed by atoms with Gasteiger partial charge in [-0.3, -0.25) is 9.59 Å². The SMILES string of the molecule is C=CC(=O)N1CCC(N)(C(=O)Nc2ccc(-c3cc4c(N5CCOCC5)ncnc4[nH]3)cc2)CC1. The third-order valence-corrected chi connectivity index (χ3v) is 6.76. The van der Waals surface area contributed by atoms with Crippen molar-refractivity contribution in [2.45, 2.75) is 18.4 Å². The predicted octanol–water partition coefficient (Wildman–Crippen LogP) is 1.91. The van der Waals surface area contributed by atoms with Crippen LogP contribution < -0.4 is 16.0 Å². The van der Waals surface area contributed by atoms with E-state index in [4.69, 9.17) is 10.5 Å². The summed E-state index contributed by atoms with van der Waals surface area (Å²) in [5.41, 5.74) is 8.70. The van der Waals surface area contributed by atoms with Crippen molar-refractivity contribution in [2.75, 3.05) is 49.6 Å². The maximum absolute atomic E-state index is 12.9. The number of nitrogens with one attached hydrogen (secondary N) is 2. The molecule has 4 heterocycles. The van der Waals surface area contributed by atoms with Crippen LogP contribution in [0, 0.1) is 0 Å². The number of morpholine rings is 1. The number of hydrogen-bond acceptors (Lipinski definition) is 7. The Morgan fingerprint density at radius 1 is 1.11 bits per heavy atom. The summed E-state index contributed by atoms with van der Waals surface area (Å²) in [6.45, 7) is 7.35. The lowest BCUT2D eigenvalue weighted by molar-refractivity contribution is -0.131. The molecule has 2 amide bonds. The van der Waals surface area contributed by atoms with Crippen LogP contribution in [0.1, 0.15) is 12.8 Å². The molecule has 1 aromatic carbocycles. The first-order chi connectivity index (χ1) is 17.0. The fraction of sp³-hybridized carbons (Fsp3) is 0.360. The monoisotopic (exact) mass is 475 g/mol. The minimum atomic E-state index is -1.01. The molecule has 10 nitrogen and oxygen atoms in total. The van der Waals surface area contributed by atoms with Gasteiger partial charge in [0.2, 0.25) is 11.8 Å². The molecule has 0 saturated carbocycles. The number of benzene rings is 1. The van der Waals surface area contributed by atoms with Gasteiger partial charge < -0.3 is 30.6 Å². The second kappa shape index (κ2) is 9.47. The fourth-order valence-corrected chi connectivity index (χ4v) is 4.58. The molecule has 0 aliphatic carbocycles. The quantitative estimate of drug-likeness (QED) is 0.481. The molecule has 2 aliphatic heterocycles. The molecule has 10 heteroatoms. The number of likely N-dealkylation sites (tertiary alicyclic amines) is 1. The summed E-state index contributed by atoms with van der Waals surface area (Å²) >= 11 is 0. The molecule has 182 valence electrons.